The third kappa shape index (κ3) is 3.24. The van der Waals surface area contributed by atoms with Gasteiger partial charge in [0.05, 0.1) is 10.2 Å². The van der Waals surface area contributed by atoms with E-state index in [-0.39, 0.29) is 0 Å². The molecule has 2 aromatic heterocycles. The van der Waals surface area contributed by atoms with E-state index in [9.17, 15) is 5.11 Å². The Morgan fingerprint density at radius 1 is 1.32 bits per heavy atom. The monoisotopic (exact) mass is 355 g/mol. The Morgan fingerprint density at radius 3 is 3.00 bits per heavy atom. The highest BCUT2D eigenvalue weighted by Gasteiger charge is 2.23. The van der Waals surface area contributed by atoms with Gasteiger partial charge in [-0.25, -0.2) is 0 Å². The molecule has 1 aromatic carbocycles. The highest BCUT2D eigenvalue weighted by molar-refractivity contribution is 7.17. The number of nitrogens with zero attached hydrogens (tertiary/aromatic N) is 3. The summed E-state index contributed by atoms with van der Waals surface area (Å²) in [5.41, 5.74) is 2.03. The van der Waals surface area contributed by atoms with Gasteiger partial charge in [-0.2, -0.15) is 0 Å². The van der Waals surface area contributed by atoms with Crippen LogP contribution >= 0.6 is 11.3 Å². The van der Waals surface area contributed by atoms with E-state index in [1.165, 1.54) is 23.1 Å². The number of thiophene rings is 1. The molecule has 1 N–H and O–H groups in total. The van der Waals surface area contributed by atoms with Crippen LogP contribution in [0.3, 0.4) is 0 Å². The number of fused-ring (bicyclic) bond motifs is 3. The highest BCUT2D eigenvalue weighted by Crippen LogP contribution is 2.34. The summed E-state index contributed by atoms with van der Waals surface area (Å²) < 4.78 is 1.19. The van der Waals surface area contributed by atoms with Gasteiger partial charge in [-0.1, -0.05) is 0 Å². The van der Waals surface area contributed by atoms with E-state index in [0.29, 0.717) is 11.8 Å². The van der Waals surface area contributed by atoms with Crippen molar-refractivity contribution in [2.24, 2.45) is 0 Å². The number of pyridine rings is 1. The van der Waals surface area contributed by atoms with Crippen LogP contribution in [0.5, 0.6) is 5.75 Å². The second kappa shape index (κ2) is 6.90. The molecular formula is C20H25N3OS. The van der Waals surface area contributed by atoms with Crippen LogP contribution in [0, 0.1) is 0 Å². The zero-order chi connectivity index (χ0) is 17.4. The molecule has 1 unspecified atom stereocenters. The van der Waals surface area contributed by atoms with Gasteiger partial charge in [0.25, 0.3) is 0 Å². The summed E-state index contributed by atoms with van der Waals surface area (Å²) in [4.78, 5) is 9.46. The molecule has 0 saturated carbocycles. The van der Waals surface area contributed by atoms with E-state index in [4.69, 9.17) is 0 Å². The first-order valence-electron chi connectivity index (χ1n) is 8.99. The fraction of sp³-hybridized carbons (Fsp3) is 0.450. The van der Waals surface area contributed by atoms with Gasteiger partial charge in [-0.05, 0) is 70.0 Å². The van der Waals surface area contributed by atoms with Crippen LogP contribution in [0.2, 0.25) is 0 Å². The van der Waals surface area contributed by atoms with Gasteiger partial charge < -0.3 is 14.9 Å². The van der Waals surface area contributed by atoms with E-state index >= 15 is 0 Å². The van der Waals surface area contributed by atoms with Crippen LogP contribution in [0.1, 0.15) is 18.4 Å². The van der Waals surface area contributed by atoms with Crippen LogP contribution < -0.4 is 0 Å². The Bertz CT molecular complexity index is 889. The minimum absolute atomic E-state index is 0.403. The molecule has 3 aromatic rings. The van der Waals surface area contributed by atoms with Crippen molar-refractivity contribution in [3.63, 3.8) is 0 Å². The van der Waals surface area contributed by atoms with Gasteiger partial charge in [-0.15, -0.1) is 11.3 Å². The number of aromatic nitrogens is 1. The van der Waals surface area contributed by atoms with E-state index in [1.807, 2.05) is 12.3 Å². The van der Waals surface area contributed by atoms with E-state index in [2.05, 4.69) is 40.3 Å². The molecular weight excluding hydrogens is 330 g/mol. The SMILES string of the molecule is CN(C)C1CCN(CCCc2c(O)ccc3ncc4sccc4c23)C1. The lowest BCUT2D eigenvalue weighted by Crippen LogP contribution is -2.31. The number of aromatic hydroxyl groups is 1. The Labute approximate surface area is 152 Å². The molecule has 132 valence electrons. The van der Waals surface area contributed by atoms with Gasteiger partial charge in [0.2, 0.25) is 0 Å². The lowest BCUT2D eigenvalue weighted by atomic mass is 10.00. The molecule has 0 amide bonds. The summed E-state index contributed by atoms with van der Waals surface area (Å²) >= 11 is 1.71. The predicted octanol–water partition coefficient (Wildman–Crippen LogP) is 3.72. The molecule has 1 atom stereocenters. The maximum absolute atomic E-state index is 10.5. The Morgan fingerprint density at radius 2 is 2.20 bits per heavy atom. The molecule has 0 aliphatic carbocycles. The molecule has 1 fully saturated rings. The van der Waals surface area contributed by atoms with Crippen molar-refractivity contribution in [3.8, 4) is 5.75 Å². The summed E-state index contributed by atoms with van der Waals surface area (Å²) in [6, 6.07) is 6.55. The Kier molecular flexibility index (Phi) is 4.63. The largest absolute Gasteiger partial charge is 0.508 e. The van der Waals surface area contributed by atoms with Crippen LogP contribution in [-0.4, -0.2) is 59.7 Å². The fourth-order valence-electron chi connectivity index (χ4n) is 3.96. The Hall–Kier alpha value is -1.69. The minimum atomic E-state index is 0.403. The number of phenolic OH excluding ortho intramolecular Hbond substituents is 1. The number of rotatable bonds is 5. The van der Waals surface area contributed by atoms with Crippen molar-refractivity contribution < 1.29 is 5.11 Å². The highest BCUT2D eigenvalue weighted by atomic mass is 32.1. The van der Waals surface area contributed by atoms with Crippen molar-refractivity contribution in [3.05, 3.63) is 35.3 Å². The number of likely N-dealkylation sites (N-methyl/N-ethyl adjacent to an activating group) is 1. The maximum atomic E-state index is 10.5. The van der Waals surface area contributed by atoms with E-state index in [1.54, 1.807) is 17.4 Å². The number of hydrogen-bond acceptors (Lipinski definition) is 5. The lowest BCUT2D eigenvalue weighted by molar-refractivity contribution is 0.267. The lowest BCUT2D eigenvalue weighted by Gasteiger charge is -2.20. The smallest absolute Gasteiger partial charge is 0.119 e. The first kappa shape index (κ1) is 16.8. The van der Waals surface area contributed by atoms with Crippen molar-refractivity contribution in [2.45, 2.75) is 25.3 Å². The zero-order valence-electron chi connectivity index (χ0n) is 14.9. The normalized spacial score (nSPS) is 18.8. The topological polar surface area (TPSA) is 39.6 Å². The molecule has 0 radical (unpaired) electrons. The van der Waals surface area contributed by atoms with Crippen molar-refractivity contribution in [1.29, 1.82) is 0 Å². The van der Waals surface area contributed by atoms with Gasteiger partial charge in [0.1, 0.15) is 5.75 Å². The van der Waals surface area contributed by atoms with Crippen molar-refractivity contribution in [2.75, 3.05) is 33.7 Å². The third-order valence-electron chi connectivity index (χ3n) is 5.43. The Balaban J connectivity index is 1.53. The first-order chi connectivity index (χ1) is 12.1. The predicted molar refractivity (Wildman–Crippen MR) is 106 cm³/mol. The van der Waals surface area contributed by atoms with Crippen LogP contribution in [0.25, 0.3) is 21.0 Å². The van der Waals surface area contributed by atoms with E-state index < -0.39 is 0 Å². The summed E-state index contributed by atoms with van der Waals surface area (Å²) in [6.45, 7) is 3.43. The van der Waals surface area contributed by atoms with Crippen molar-refractivity contribution >= 4 is 32.3 Å². The van der Waals surface area contributed by atoms with Gasteiger partial charge >= 0.3 is 0 Å². The summed E-state index contributed by atoms with van der Waals surface area (Å²) in [7, 11) is 4.34. The molecule has 5 heteroatoms. The molecule has 0 bridgehead atoms. The molecule has 4 nitrogen and oxygen atoms in total. The van der Waals surface area contributed by atoms with Gasteiger partial charge in [0.15, 0.2) is 0 Å². The zero-order valence-corrected chi connectivity index (χ0v) is 15.7. The molecule has 25 heavy (non-hydrogen) atoms. The van der Waals surface area contributed by atoms with Crippen LogP contribution in [0.4, 0.5) is 0 Å². The standard InChI is InChI=1S/C20H25N3OS/c1-22(2)14-7-10-23(13-14)9-3-4-15-18(24)6-5-17-20(15)16-8-11-25-19(16)12-21-17/h5-6,8,11-12,14,24H,3-4,7,9-10,13H2,1-2H3. The summed E-state index contributed by atoms with van der Waals surface area (Å²) in [5.74, 6) is 0.403. The summed E-state index contributed by atoms with van der Waals surface area (Å²) in [6.07, 6.45) is 5.15. The average molecular weight is 356 g/mol. The third-order valence-corrected chi connectivity index (χ3v) is 6.28. The number of aryl methyl sites for hydroxylation is 1. The number of hydrogen-bond donors (Lipinski definition) is 1. The van der Waals surface area contributed by atoms with Crippen LogP contribution in [0.15, 0.2) is 29.8 Å². The minimum Gasteiger partial charge on any atom is -0.508 e. The fourth-order valence-corrected chi connectivity index (χ4v) is 4.72. The number of benzene rings is 1. The van der Waals surface area contributed by atoms with E-state index in [0.717, 1.165) is 42.4 Å². The molecule has 4 rings (SSSR count). The number of phenols is 1. The van der Waals surface area contributed by atoms with Crippen molar-refractivity contribution in [1.82, 2.24) is 14.8 Å². The molecule has 1 aliphatic heterocycles. The average Bonchev–Trinajstić information content (AvgIpc) is 3.25. The second-order valence-corrected chi connectivity index (χ2v) is 8.17. The maximum Gasteiger partial charge on any atom is 0.119 e. The quantitative estimate of drug-likeness (QED) is 0.757. The number of likely N-dealkylation sites (tertiary alicyclic amines) is 1. The molecule has 1 saturated heterocycles. The van der Waals surface area contributed by atoms with Gasteiger partial charge in [0, 0.05) is 35.1 Å². The summed E-state index contributed by atoms with van der Waals surface area (Å²) in [5, 5.41) is 14.9. The molecule has 0 spiro atoms. The first-order valence-corrected chi connectivity index (χ1v) is 9.87. The van der Waals surface area contributed by atoms with Crippen LogP contribution in [-0.2, 0) is 6.42 Å². The second-order valence-electron chi connectivity index (χ2n) is 7.22. The molecule has 1 aliphatic rings. The van der Waals surface area contributed by atoms with Gasteiger partial charge in [-0.3, -0.25) is 4.98 Å². The molecule has 3 heterocycles.